The first-order chi connectivity index (χ1) is 17.0. The molecule has 0 aromatic carbocycles. The number of aliphatic carboxylic acids is 1. The number of aldehydes is 2. The largest absolute Gasteiger partial charge is 0.509 e. The molecule has 2 rings (SSSR count). The van der Waals surface area contributed by atoms with Gasteiger partial charge in [-0.2, -0.15) is 0 Å². The molecular weight excluding hydrogens is 479 g/mol. The van der Waals surface area contributed by atoms with Crippen molar-refractivity contribution in [1.82, 2.24) is 10.6 Å². The van der Waals surface area contributed by atoms with Crippen molar-refractivity contribution in [1.29, 1.82) is 0 Å². The zero-order valence-electron chi connectivity index (χ0n) is 20.0. The van der Waals surface area contributed by atoms with Crippen LogP contribution >= 0.6 is 0 Å². The van der Waals surface area contributed by atoms with Crippen molar-refractivity contribution in [3.05, 3.63) is 23.5 Å². The number of hydrogen-bond acceptors (Lipinski definition) is 10. The third-order valence-electron chi connectivity index (χ3n) is 6.53. The van der Waals surface area contributed by atoms with Gasteiger partial charge in [-0.25, -0.2) is 13.7 Å². The van der Waals surface area contributed by atoms with Gasteiger partial charge in [-0.15, -0.1) is 0 Å². The fourth-order valence-electron chi connectivity index (χ4n) is 4.20. The van der Waals surface area contributed by atoms with Gasteiger partial charge in [-0.3, -0.25) is 20.2 Å². The van der Waals surface area contributed by atoms with E-state index in [0.717, 1.165) is 6.08 Å². The molecule has 6 unspecified atom stereocenters. The summed E-state index contributed by atoms with van der Waals surface area (Å²) in [6.45, 7) is 1.22. The standard InChI is InChI=1S/C23H35FN4O8/c24-17-10-14(3-5-19(17)31)23(36)28(8-9-28)16(13-30)4-6-20(32)26-7-1-2-18(25)22(35)27-15(12-29)11-21(33)34/h3,5,12-13,15-18,20,22,26-27,32,35H,1-2,4,6-11,25H2,(H-,31,33,34,36)/p+1. The smallest absolute Gasteiger partial charge is 0.342 e. The monoisotopic (exact) mass is 515 g/mol. The van der Waals surface area contributed by atoms with Gasteiger partial charge in [0.25, 0.3) is 0 Å². The van der Waals surface area contributed by atoms with Crippen molar-refractivity contribution in [3.63, 3.8) is 0 Å². The van der Waals surface area contributed by atoms with Gasteiger partial charge in [0, 0.05) is 18.9 Å². The minimum Gasteiger partial charge on any atom is -0.509 e. The summed E-state index contributed by atoms with van der Waals surface area (Å²) in [5, 5.41) is 43.7. The van der Waals surface area contributed by atoms with E-state index in [0.29, 0.717) is 45.0 Å². The molecule has 0 radical (unpaired) electrons. The van der Waals surface area contributed by atoms with E-state index in [9.17, 15) is 38.9 Å². The number of rotatable bonds is 17. The Balaban J connectivity index is 1.73. The average molecular weight is 516 g/mol. The minimum absolute atomic E-state index is 0.118. The Morgan fingerprint density at radius 3 is 2.42 bits per heavy atom. The van der Waals surface area contributed by atoms with E-state index in [2.05, 4.69) is 10.6 Å². The van der Waals surface area contributed by atoms with E-state index in [4.69, 9.17) is 10.8 Å². The summed E-state index contributed by atoms with van der Waals surface area (Å²) < 4.78 is 13.7. The second-order valence-corrected chi connectivity index (χ2v) is 9.25. The fraction of sp³-hybridized carbons (Fsp3) is 0.652. The van der Waals surface area contributed by atoms with Crippen molar-refractivity contribution < 1.29 is 48.5 Å². The fourth-order valence-corrected chi connectivity index (χ4v) is 4.20. The number of aliphatic hydroxyl groups excluding tert-OH is 3. The van der Waals surface area contributed by atoms with Crippen LogP contribution in [-0.4, -0.2) is 106 Å². The van der Waals surface area contributed by atoms with Crippen molar-refractivity contribution in [2.75, 3.05) is 19.6 Å². The Hall–Kier alpha value is -2.55. The highest BCUT2D eigenvalue weighted by atomic mass is 19.1. The highest BCUT2D eigenvalue weighted by Crippen LogP contribution is 2.34. The molecule has 8 N–H and O–H groups in total. The zero-order chi connectivity index (χ0) is 26.9. The second kappa shape index (κ2) is 13.7. The molecule has 1 amide bonds. The van der Waals surface area contributed by atoms with Crippen LogP contribution in [0.1, 0.15) is 38.5 Å². The van der Waals surface area contributed by atoms with Gasteiger partial charge in [0.2, 0.25) is 0 Å². The molecule has 1 heterocycles. The van der Waals surface area contributed by atoms with Crippen LogP contribution in [0.3, 0.4) is 0 Å². The highest BCUT2D eigenvalue weighted by Gasteiger charge is 2.56. The molecule has 0 aromatic rings. The summed E-state index contributed by atoms with van der Waals surface area (Å²) in [5.41, 5.74) is 6.08. The van der Waals surface area contributed by atoms with E-state index >= 15 is 0 Å². The summed E-state index contributed by atoms with van der Waals surface area (Å²) >= 11 is 0. The van der Waals surface area contributed by atoms with Crippen molar-refractivity contribution in [2.45, 2.75) is 75.3 Å². The minimum atomic E-state index is -1.64. The van der Waals surface area contributed by atoms with E-state index in [-0.39, 0.29) is 35.2 Å². The number of quaternary nitrogens is 1. The first-order valence-corrected chi connectivity index (χ1v) is 11.9. The number of carboxylic acids is 1. The summed E-state index contributed by atoms with van der Waals surface area (Å²) in [6, 6.07) is -2.52. The predicted molar refractivity (Wildman–Crippen MR) is 125 cm³/mol. The number of halogens is 1. The SMILES string of the molecule is NC(CCCNC(O)CCC(C=O)[N+]1(C(=O)C2=CC=C(O)C(F)C2)CC1)C(O)NC(C=O)CC(=O)O. The second-order valence-electron chi connectivity index (χ2n) is 9.25. The molecular formula is C23H36FN4O8+. The van der Waals surface area contributed by atoms with Crippen LogP contribution < -0.4 is 16.4 Å². The highest BCUT2D eigenvalue weighted by molar-refractivity contribution is 5.90. The molecule has 6 atom stereocenters. The summed E-state index contributed by atoms with van der Waals surface area (Å²) in [7, 11) is 0. The van der Waals surface area contributed by atoms with Gasteiger partial charge in [0.15, 0.2) is 18.5 Å². The van der Waals surface area contributed by atoms with Crippen LogP contribution in [0.25, 0.3) is 0 Å². The number of nitrogens with zero attached hydrogens (tertiary/aromatic N) is 1. The van der Waals surface area contributed by atoms with Gasteiger partial charge >= 0.3 is 11.9 Å². The lowest BCUT2D eigenvalue weighted by atomic mass is 9.99. The topological polar surface area (TPSA) is 199 Å². The Bertz CT molecular complexity index is 863. The van der Waals surface area contributed by atoms with Crippen LogP contribution in [-0.2, 0) is 19.2 Å². The van der Waals surface area contributed by atoms with Crippen LogP contribution in [0.4, 0.5) is 4.39 Å². The number of alkyl halides is 1. The number of carboxylic acid groups (broad SMARTS) is 1. The molecule has 2 aliphatic rings. The number of amides is 1. The quantitative estimate of drug-likeness (QED) is 0.0402. The van der Waals surface area contributed by atoms with Gasteiger partial charge in [0.1, 0.15) is 37.6 Å². The lowest BCUT2D eigenvalue weighted by Crippen LogP contribution is -2.50. The van der Waals surface area contributed by atoms with E-state index in [1.807, 2.05) is 0 Å². The van der Waals surface area contributed by atoms with E-state index in [1.54, 1.807) is 0 Å². The number of carbonyl (C=O) groups excluding carboxylic acids is 3. The lowest BCUT2D eigenvalue weighted by molar-refractivity contribution is -0.735. The molecule has 0 spiro atoms. The van der Waals surface area contributed by atoms with Crippen molar-refractivity contribution in [2.24, 2.45) is 5.73 Å². The van der Waals surface area contributed by atoms with Crippen LogP contribution in [0, 0.1) is 0 Å². The maximum absolute atomic E-state index is 13.8. The van der Waals surface area contributed by atoms with Gasteiger partial charge in [-0.05, 0) is 38.0 Å². The number of allylic oxidation sites excluding steroid dienone is 3. The van der Waals surface area contributed by atoms with E-state index < -0.39 is 54.9 Å². The number of carbonyl (C=O) groups is 4. The molecule has 202 valence electrons. The first kappa shape index (κ1) is 29.7. The normalized spacial score (nSPS) is 22.8. The Kier molecular flexibility index (Phi) is 11.3. The molecule has 0 aromatic heterocycles. The number of hydrogen-bond donors (Lipinski definition) is 7. The average Bonchev–Trinajstić information content (AvgIpc) is 3.64. The van der Waals surface area contributed by atoms with Gasteiger partial charge in [0.05, 0.1) is 18.0 Å². The molecule has 36 heavy (non-hydrogen) atoms. The maximum atomic E-state index is 13.8. The molecule has 1 saturated heterocycles. The van der Waals surface area contributed by atoms with Gasteiger partial charge in [-0.1, -0.05) is 0 Å². The lowest BCUT2D eigenvalue weighted by Gasteiger charge is -2.25. The summed E-state index contributed by atoms with van der Waals surface area (Å²) in [5.74, 6) is -1.97. The number of aliphatic hydroxyl groups is 3. The van der Waals surface area contributed by atoms with Crippen LogP contribution in [0.2, 0.25) is 0 Å². The molecule has 13 heteroatoms. The molecule has 1 fully saturated rings. The molecule has 1 aliphatic carbocycles. The van der Waals surface area contributed by atoms with Crippen molar-refractivity contribution in [3.8, 4) is 0 Å². The summed E-state index contributed by atoms with van der Waals surface area (Å²) in [4.78, 5) is 46.3. The predicted octanol–water partition coefficient (Wildman–Crippen LogP) is -1.23. The van der Waals surface area contributed by atoms with Crippen LogP contribution in [0.15, 0.2) is 23.5 Å². The zero-order valence-corrected chi connectivity index (χ0v) is 20.0. The number of nitrogens with two attached hydrogens (primary N) is 1. The Morgan fingerprint density at radius 1 is 1.17 bits per heavy atom. The van der Waals surface area contributed by atoms with Crippen LogP contribution in [0.5, 0.6) is 0 Å². The van der Waals surface area contributed by atoms with Gasteiger partial charge < -0.3 is 31.0 Å². The maximum Gasteiger partial charge on any atom is 0.342 e. The first-order valence-electron chi connectivity index (χ1n) is 11.9. The third kappa shape index (κ3) is 8.25. The van der Waals surface area contributed by atoms with E-state index in [1.165, 1.54) is 6.08 Å². The molecule has 1 aliphatic heterocycles. The number of nitrogens with one attached hydrogen (secondary N) is 2. The summed E-state index contributed by atoms with van der Waals surface area (Å²) in [6.07, 6.45) is 0.194. The molecule has 12 nitrogen and oxygen atoms in total. The molecule has 0 bridgehead atoms. The molecule has 0 saturated carbocycles. The third-order valence-corrected chi connectivity index (χ3v) is 6.53. The van der Waals surface area contributed by atoms with Crippen molar-refractivity contribution >= 4 is 24.4 Å². The Labute approximate surface area is 208 Å². The Morgan fingerprint density at radius 2 is 1.86 bits per heavy atom.